The minimum Gasteiger partial charge on any atom is -0.480 e. The predicted molar refractivity (Wildman–Crippen MR) is 96.7 cm³/mol. The molecular formula is C16H30N4O8. The summed E-state index contributed by atoms with van der Waals surface area (Å²) in [6.07, 6.45) is -1.25. The molecule has 3 amide bonds. The lowest BCUT2D eigenvalue weighted by Crippen LogP contribution is -2.60. The van der Waals surface area contributed by atoms with Gasteiger partial charge in [0, 0.05) is 0 Å². The Bertz CT molecular complexity index is 555. The second kappa shape index (κ2) is 12.2. The van der Waals surface area contributed by atoms with Crippen LogP contribution in [0, 0.1) is 5.92 Å². The lowest BCUT2D eigenvalue weighted by atomic mass is 10.0. The number of amides is 3. The van der Waals surface area contributed by atoms with Crippen molar-refractivity contribution >= 4 is 23.7 Å². The first-order valence-electron chi connectivity index (χ1n) is 8.73. The van der Waals surface area contributed by atoms with E-state index in [1.807, 2.05) is 0 Å². The molecule has 28 heavy (non-hydrogen) atoms. The number of nitrogens with one attached hydrogen (secondary N) is 3. The van der Waals surface area contributed by atoms with E-state index < -0.39 is 67.2 Å². The van der Waals surface area contributed by atoms with Crippen molar-refractivity contribution in [1.29, 1.82) is 0 Å². The standard InChI is InChI=1S/C16H30N4O8/c1-7(2)4-10(16(27)28)18-14(25)11(6-22)19-15(26)12(8(3)23)20-13(24)9(17)5-21/h7-12,21-23H,4-6,17H2,1-3H3,(H,18,25)(H,19,26)(H,20,24)(H,27,28). The number of aliphatic hydroxyl groups excluding tert-OH is 3. The van der Waals surface area contributed by atoms with E-state index >= 15 is 0 Å². The molecule has 0 bridgehead atoms. The van der Waals surface area contributed by atoms with Gasteiger partial charge in [0.15, 0.2) is 0 Å². The number of carbonyl (C=O) groups excluding carboxylic acids is 3. The van der Waals surface area contributed by atoms with Crippen LogP contribution >= 0.6 is 0 Å². The van der Waals surface area contributed by atoms with E-state index in [4.69, 9.17) is 15.9 Å². The van der Waals surface area contributed by atoms with E-state index in [2.05, 4.69) is 16.0 Å². The topological polar surface area (TPSA) is 211 Å². The predicted octanol–water partition coefficient (Wildman–Crippen LogP) is -3.74. The van der Waals surface area contributed by atoms with Gasteiger partial charge >= 0.3 is 5.97 Å². The van der Waals surface area contributed by atoms with Crippen molar-refractivity contribution in [2.45, 2.75) is 57.5 Å². The Balaban J connectivity index is 5.12. The summed E-state index contributed by atoms with van der Waals surface area (Å²) >= 11 is 0. The normalized spacial score (nSPS) is 16.4. The fourth-order valence-corrected chi connectivity index (χ4v) is 2.17. The zero-order chi connectivity index (χ0) is 22.0. The van der Waals surface area contributed by atoms with Gasteiger partial charge in [-0.05, 0) is 19.3 Å². The number of hydrogen-bond acceptors (Lipinski definition) is 8. The maximum absolute atomic E-state index is 12.3. The Kier molecular flexibility index (Phi) is 11.2. The summed E-state index contributed by atoms with van der Waals surface area (Å²) in [6, 6.07) is -5.56. The lowest BCUT2D eigenvalue weighted by Gasteiger charge is -2.25. The molecule has 9 N–H and O–H groups in total. The summed E-state index contributed by atoms with van der Waals surface area (Å²) in [6.45, 7) is 3.20. The van der Waals surface area contributed by atoms with Gasteiger partial charge in [-0.1, -0.05) is 13.8 Å². The maximum Gasteiger partial charge on any atom is 0.326 e. The van der Waals surface area contributed by atoms with Crippen molar-refractivity contribution in [3.63, 3.8) is 0 Å². The average molecular weight is 406 g/mol. The van der Waals surface area contributed by atoms with Gasteiger partial charge in [0.1, 0.15) is 24.2 Å². The third-order valence-corrected chi connectivity index (χ3v) is 3.73. The number of carbonyl (C=O) groups is 4. The molecule has 0 aromatic carbocycles. The molecule has 0 aliphatic carbocycles. The molecule has 0 aliphatic heterocycles. The maximum atomic E-state index is 12.3. The molecule has 0 aliphatic rings. The van der Waals surface area contributed by atoms with Crippen LogP contribution < -0.4 is 21.7 Å². The molecule has 0 aromatic rings. The smallest absolute Gasteiger partial charge is 0.326 e. The molecule has 0 fully saturated rings. The monoisotopic (exact) mass is 406 g/mol. The van der Waals surface area contributed by atoms with E-state index in [0.717, 1.165) is 0 Å². The molecule has 0 heterocycles. The fraction of sp³-hybridized carbons (Fsp3) is 0.750. The molecule has 12 nitrogen and oxygen atoms in total. The van der Waals surface area contributed by atoms with Gasteiger partial charge in [0.05, 0.1) is 19.3 Å². The van der Waals surface area contributed by atoms with Crippen molar-refractivity contribution in [2.75, 3.05) is 13.2 Å². The first-order valence-corrected chi connectivity index (χ1v) is 8.73. The van der Waals surface area contributed by atoms with Crippen molar-refractivity contribution in [3.8, 4) is 0 Å². The second-order valence-electron chi connectivity index (χ2n) is 6.79. The second-order valence-corrected chi connectivity index (χ2v) is 6.79. The van der Waals surface area contributed by atoms with Gasteiger partial charge in [0.2, 0.25) is 17.7 Å². The van der Waals surface area contributed by atoms with Crippen LogP contribution in [0.25, 0.3) is 0 Å². The summed E-state index contributed by atoms with van der Waals surface area (Å²) in [5, 5.41) is 43.6. The first-order chi connectivity index (χ1) is 12.9. The number of aliphatic carboxylic acids is 1. The highest BCUT2D eigenvalue weighted by Crippen LogP contribution is 2.05. The third-order valence-electron chi connectivity index (χ3n) is 3.73. The van der Waals surface area contributed by atoms with Crippen LogP contribution in [-0.4, -0.2) is 87.6 Å². The number of hydrogen-bond donors (Lipinski definition) is 8. The van der Waals surface area contributed by atoms with Crippen molar-refractivity contribution in [1.82, 2.24) is 16.0 Å². The Hall–Kier alpha value is -2.28. The van der Waals surface area contributed by atoms with Crippen LogP contribution in [-0.2, 0) is 19.2 Å². The van der Waals surface area contributed by atoms with Gasteiger partial charge in [-0.15, -0.1) is 0 Å². The van der Waals surface area contributed by atoms with Crippen molar-refractivity contribution < 1.29 is 39.6 Å². The molecular weight excluding hydrogens is 376 g/mol. The van der Waals surface area contributed by atoms with Gasteiger partial charge in [-0.3, -0.25) is 14.4 Å². The summed E-state index contributed by atoms with van der Waals surface area (Å²) in [5.41, 5.74) is 5.33. The van der Waals surface area contributed by atoms with Crippen LogP contribution in [0.1, 0.15) is 27.2 Å². The number of rotatable bonds is 12. The molecule has 5 unspecified atom stereocenters. The summed E-state index contributed by atoms with van der Waals surface area (Å²) in [7, 11) is 0. The average Bonchev–Trinajstić information content (AvgIpc) is 2.61. The number of nitrogens with two attached hydrogens (primary N) is 1. The van der Waals surface area contributed by atoms with Gasteiger partial charge in [-0.2, -0.15) is 0 Å². The number of carboxylic acid groups (broad SMARTS) is 1. The molecule has 0 rings (SSSR count). The highest BCUT2D eigenvalue weighted by atomic mass is 16.4. The van der Waals surface area contributed by atoms with Crippen LogP contribution in [0.5, 0.6) is 0 Å². The van der Waals surface area contributed by atoms with Gasteiger partial charge in [0.25, 0.3) is 0 Å². The molecule has 162 valence electrons. The lowest BCUT2D eigenvalue weighted by molar-refractivity contribution is -0.143. The first kappa shape index (κ1) is 25.7. The third kappa shape index (κ3) is 8.61. The van der Waals surface area contributed by atoms with E-state index in [0.29, 0.717) is 0 Å². The largest absolute Gasteiger partial charge is 0.480 e. The van der Waals surface area contributed by atoms with Crippen LogP contribution in [0.15, 0.2) is 0 Å². The SMILES string of the molecule is CC(C)CC(NC(=O)C(CO)NC(=O)C(NC(=O)C(N)CO)C(C)O)C(=O)O. The summed E-state index contributed by atoms with van der Waals surface area (Å²) < 4.78 is 0. The molecule has 0 saturated carbocycles. The van der Waals surface area contributed by atoms with Crippen LogP contribution in [0.3, 0.4) is 0 Å². The quantitative estimate of drug-likeness (QED) is 0.160. The Morgan fingerprint density at radius 3 is 1.79 bits per heavy atom. The molecule has 0 aromatic heterocycles. The minimum absolute atomic E-state index is 0.0332. The van der Waals surface area contributed by atoms with E-state index in [-0.39, 0.29) is 12.3 Å². The summed E-state index contributed by atoms with van der Waals surface area (Å²) in [5.74, 6) is -4.15. The van der Waals surface area contributed by atoms with Crippen LogP contribution in [0.2, 0.25) is 0 Å². The van der Waals surface area contributed by atoms with E-state index in [9.17, 15) is 29.4 Å². The van der Waals surface area contributed by atoms with Crippen molar-refractivity contribution in [2.24, 2.45) is 11.7 Å². The Morgan fingerprint density at radius 1 is 0.857 bits per heavy atom. The molecule has 12 heteroatoms. The molecule has 0 saturated heterocycles. The Labute approximate surface area is 162 Å². The van der Waals surface area contributed by atoms with Gasteiger partial charge in [-0.25, -0.2) is 4.79 Å². The zero-order valence-corrected chi connectivity index (χ0v) is 16.1. The highest BCUT2D eigenvalue weighted by molar-refractivity contribution is 5.94. The Morgan fingerprint density at radius 2 is 1.39 bits per heavy atom. The number of aliphatic hydroxyl groups is 3. The molecule has 0 radical (unpaired) electrons. The molecule has 5 atom stereocenters. The minimum atomic E-state index is -1.52. The fourth-order valence-electron chi connectivity index (χ4n) is 2.17. The van der Waals surface area contributed by atoms with Crippen LogP contribution in [0.4, 0.5) is 0 Å². The zero-order valence-electron chi connectivity index (χ0n) is 16.1. The van der Waals surface area contributed by atoms with Gasteiger partial charge < -0.3 is 42.1 Å². The van der Waals surface area contributed by atoms with E-state index in [1.165, 1.54) is 6.92 Å². The summed E-state index contributed by atoms with van der Waals surface area (Å²) in [4.78, 5) is 47.5. The van der Waals surface area contributed by atoms with E-state index in [1.54, 1.807) is 13.8 Å². The molecule has 0 spiro atoms. The number of carboxylic acids is 1. The highest BCUT2D eigenvalue weighted by Gasteiger charge is 2.32. The van der Waals surface area contributed by atoms with Crippen molar-refractivity contribution in [3.05, 3.63) is 0 Å².